The Bertz CT molecular complexity index is 714. The molecule has 0 bridgehead atoms. The topological polar surface area (TPSA) is 35.5 Å². The predicted molar refractivity (Wildman–Crippen MR) is 198 cm³/mol. The Hall–Kier alpha value is -1.34. The minimum Gasteiger partial charge on any atom is -0.377 e. The van der Waals surface area contributed by atoms with Gasteiger partial charge in [-0.3, -0.25) is 5.32 Å². The Labute approximate surface area is 276 Å². The molecule has 0 aliphatic heterocycles. The summed E-state index contributed by atoms with van der Waals surface area (Å²) in [5.41, 5.74) is 0. The summed E-state index contributed by atoms with van der Waals surface area (Å²) < 4.78 is 0. The van der Waals surface area contributed by atoms with E-state index in [4.69, 9.17) is 0 Å². The van der Waals surface area contributed by atoms with Crippen LogP contribution in [0.5, 0.6) is 0 Å². The van der Waals surface area contributed by atoms with Crippen molar-refractivity contribution in [3.8, 4) is 11.8 Å². The molecule has 0 rings (SSSR count). The monoisotopic (exact) mass is 613 g/mol. The predicted octanol–water partition coefficient (Wildman–Crippen LogP) is 11.7. The van der Waals surface area contributed by atoms with Gasteiger partial charge in [0.1, 0.15) is 6.23 Å². The molecule has 44 heavy (non-hydrogen) atoms. The van der Waals surface area contributed by atoms with Gasteiger partial charge >= 0.3 is 0 Å². The zero-order chi connectivity index (χ0) is 32.2. The number of rotatable bonds is 32. The maximum absolute atomic E-state index is 10.5. The van der Waals surface area contributed by atoms with E-state index in [1.807, 2.05) is 14.1 Å². The van der Waals surface area contributed by atoms with Gasteiger partial charge in [0.2, 0.25) is 0 Å². The Morgan fingerprint density at radius 3 is 1.59 bits per heavy atom. The van der Waals surface area contributed by atoms with Crippen molar-refractivity contribution in [1.82, 2.24) is 10.2 Å². The van der Waals surface area contributed by atoms with E-state index in [9.17, 15) is 5.11 Å². The average Bonchev–Trinajstić information content (AvgIpc) is 3.00. The highest BCUT2D eigenvalue weighted by atomic mass is 16.3. The third-order valence-corrected chi connectivity index (χ3v) is 8.31. The Kier molecular flexibility index (Phi) is 35.0. The summed E-state index contributed by atoms with van der Waals surface area (Å²) in [6.07, 6.45) is 46.3. The summed E-state index contributed by atoms with van der Waals surface area (Å²) >= 11 is 0. The first-order chi connectivity index (χ1) is 21.6. The SMILES string of the molecule is CCCCCC#CC/C=C\CCCCCCCCC(CCCCCCCC/C=C\C/C=C\CCCCC)NC(O)CN(C)C. The molecule has 0 aromatic carbocycles. The fraction of sp³-hybridized carbons (Fsp3) is 0.805. The van der Waals surface area contributed by atoms with E-state index < -0.39 is 6.23 Å². The number of hydrogen-bond donors (Lipinski definition) is 2. The van der Waals surface area contributed by atoms with Gasteiger partial charge in [-0.2, -0.15) is 0 Å². The van der Waals surface area contributed by atoms with Crippen molar-refractivity contribution in [1.29, 1.82) is 0 Å². The number of aliphatic hydroxyl groups excluding tert-OH is 1. The number of likely N-dealkylation sites (N-methyl/N-ethyl adjacent to an activating group) is 1. The molecular formula is C41H76N2O. The van der Waals surface area contributed by atoms with Gasteiger partial charge in [-0.05, 0) is 78.3 Å². The molecule has 3 nitrogen and oxygen atoms in total. The molecule has 2 N–H and O–H groups in total. The summed E-state index contributed by atoms with van der Waals surface area (Å²) in [4.78, 5) is 2.06. The molecule has 0 aliphatic rings. The zero-order valence-corrected chi connectivity index (χ0v) is 30.1. The third-order valence-electron chi connectivity index (χ3n) is 8.31. The van der Waals surface area contributed by atoms with E-state index in [0.717, 1.165) is 19.3 Å². The van der Waals surface area contributed by atoms with Crippen molar-refractivity contribution in [2.24, 2.45) is 0 Å². The molecule has 0 aromatic rings. The van der Waals surface area contributed by atoms with Crippen LogP contribution in [-0.4, -0.2) is 42.9 Å². The number of allylic oxidation sites excluding steroid dienone is 6. The summed E-state index contributed by atoms with van der Waals surface area (Å²) in [6, 6.07) is 0.440. The van der Waals surface area contributed by atoms with E-state index in [1.54, 1.807) is 0 Å². The molecule has 0 spiro atoms. The molecular weight excluding hydrogens is 536 g/mol. The molecule has 0 saturated carbocycles. The summed E-state index contributed by atoms with van der Waals surface area (Å²) in [7, 11) is 4.06. The zero-order valence-electron chi connectivity index (χ0n) is 30.1. The second-order valence-corrected chi connectivity index (χ2v) is 13.2. The highest BCUT2D eigenvalue weighted by molar-refractivity contribution is 5.04. The molecule has 256 valence electrons. The lowest BCUT2D eigenvalue weighted by Gasteiger charge is -2.24. The molecule has 0 radical (unpaired) electrons. The Morgan fingerprint density at radius 2 is 1.05 bits per heavy atom. The number of aliphatic hydroxyl groups is 1. The van der Waals surface area contributed by atoms with Crippen LogP contribution in [0.2, 0.25) is 0 Å². The largest absolute Gasteiger partial charge is 0.377 e. The van der Waals surface area contributed by atoms with Gasteiger partial charge in [-0.25, -0.2) is 0 Å². The first-order valence-electron chi connectivity index (χ1n) is 19.1. The van der Waals surface area contributed by atoms with Crippen molar-refractivity contribution < 1.29 is 5.11 Å². The normalized spacial score (nSPS) is 13.4. The lowest BCUT2D eigenvalue weighted by atomic mass is 9.99. The van der Waals surface area contributed by atoms with Crippen LogP contribution in [0.25, 0.3) is 0 Å². The molecule has 0 heterocycles. The number of nitrogens with zero attached hydrogens (tertiary/aromatic N) is 1. The van der Waals surface area contributed by atoms with Crippen LogP contribution < -0.4 is 5.32 Å². The first-order valence-corrected chi connectivity index (χ1v) is 19.1. The van der Waals surface area contributed by atoms with Crippen molar-refractivity contribution in [2.75, 3.05) is 20.6 Å². The van der Waals surface area contributed by atoms with Crippen LogP contribution in [0.3, 0.4) is 0 Å². The second kappa shape index (κ2) is 36.1. The van der Waals surface area contributed by atoms with E-state index in [-0.39, 0.29) is 0 Å². The van der Waals surface area contributed by atoms with E-state index in [0.29, 0.717) is 12.6 Å². The highest BCUT2D eigenvalue weighted by Crippen LogP contribution is 2.16. The van der Waals surface area contributed by atoms with E-state index in [2.05, 4.69) is 72.4 Å². The van der Waals surface area contributed by atoms with E-state index >= 15 is 0 Å². The minimum absolute atomic E-state index is 0.431. The lowest BCUT2D eigenvalue weighted by molar-refractivity contribution is 0.0881. The maximum Gasteiger partial charge on any atom is 0.117 e. The summed E-state index contributed by atoms with van der Waals surface area (Å²) in [5.74, 6) is 6.56. The van der Waals surface area contributed by atoms with Crippen LogP contribution in [0.4, 0.5) is 0 Å². The molecule has 0 amide bonds. The van der Waals surface area contributed by atoms with Crippen molar-refractivity contribution in [3.63, 3.8) is 0 Å². The van der Waals surface area contributed by atoms with Crippen LogP contribution >= 0.6 is 0 Å². The summed E-state index contributed by atoms with van der Waals surface area (Å²) in [6.45, 7) is 5.19. The standard InChI is InChI=1S/C41H76N2O/c1-5-7-9-11-13-15-17-19-21-23-25-27-29-31-33-35-37-40(42-41(44)39-43(3)4)38-36-34-32-30-28-26-24-22-20-18-16-14-12-10-8-6-2/h13,15,19-22,40-42,44H,5-12,17-18,23-39H2,1-4H3/b15-13-,21-19-,22-20-. The van der Waals surface area contributed by atoms with Crippen molar-refractivity contribution >= 4 is 0 Å². The van der Waals surface area contributed by atoms with Crippen LogP contribution in [0.1, 0.15) is 181 Å². The average molecular weight is 613 g/mol. The van der Waals surface area contributed by atoms with Gasteiger partial charge in [0.25, 0.3) is 0 Å². The van der Waals surface area contributed by atoms with Crippen LogP contribution in [0.15, 0.2) is 36.5 Å². The fourth-order valence-electron chi connectivity index (χ4n) is 5.60. The highest BCUT2D eigenvalue weighted by Gasteiger charge is 2.13. The first kappa shape index (κ1) is 42.7. The molecule has 0 aliphatic carbocycles. The fourth-order valence-corrected chi connectivity index (χ4v) is 5.60. The number of nitrogens with one attached hydrogen (secondary N) is 1. The summed E-state index contributed by atoms with van der Waals surface area (Å²) in [5, 5.41) is 14.0. The molecule has 2 atom stereocenters. The quantitative estimate of drug-likeness (QED) is 0.0343. The second-order valence-electron chi connectivity index (χ2n) is 13.2. The van der Waals surface area contributed by atoms with Crippen LogP contribution in [-0.2, 0) is 0 Å². The number of hydrogen-bond acceptors (Lipinski definition) is 3. The minimum atomic E-state index is -0.431. The third kappa shape index (κ3) is 35.1. The van der Waals surface area contributed by atoms with E-state index in [1.165, 1.54) is 148 Å². The molecule has 3 heteroatoms. The Balaban J connectivity index is 3.90. The molecule has 0 saturated heterocycles. The van der Waals surface area contributed by atoms with Gasteiger partial charge < -0.3 is 10.0 Å². The van der Waals surface area contributed by atoms with Crippen molar-refractivity contribution in [2.45, 2.75) is 193 Å². The smallest absolute Gasteiger partial charge is 0.117 e. The van der Waals surface area contributed by atoms with Crippen LogP contribution in [0, 0.1) is 11.8 Å². The molecule has 2 unspecified atom stereocenters. The van der Waals surface area contributed by atoms with Gasteiger partial charge in [-0.1, -0.05) is 146 Å². The van der Waals surface area contributed by atoms with Gasteiger partial charge in [0, 0.05) is 25.4 Å². The lowest BCUT2D eigenvalue weighted by Crippen LogP contribution is -2.43. The Morgan fingerprint density at radius 1 is 0.568 bits per heavy atom. The maximum atomic E-state index is 10.5. The van der Waals surface area contributed by atoms with Gasteiger partial charge in [-0.15, -0.1) is 5.92 Å². The van der Waals surface area contributed by atoms with Crippen molar-refractivity contribution in [3.05, 3.63) is 36.5 Å². The molecule has 0 fully saturated rings. The molecule has 0 aromatic heterocycles. The number of unbranched alkanes of at least 4 members (excludes halogenated alkanes) is 18. The van der Waals surface area contributed by atoms with Gasteiger partial charge in [0.05, 0.1) is 0 Å². The van der Waals surface area contributed by atoms with Gasteiger partial charge in [0.15, 0.2) is 0 Å².